The average Bonchev–Trinajstić information content (AvgIpc) is 3.02. The Morgan fingerprint density at radius 1 is 1.00 bits per heavy atom. The largest absolute Gasteiger partial charge is 0.496 e. The van der Waals surface area contributed by atoms with Crippen molar-refractivity contribution in [3.8, 4) is 28.6 Å². The van der Waals surface area contributed by atoms with Crippen LogP contribution in [0.2, 0.25) is 5.02 Å². The molecule has 0 spiro atoms. The van der Waals surface area contributed by atoms with Gasteiger partial charge in [-0.05, 0) is 82.4 Å². The van der Waals surface area contributed by atoms with Crippen molar-refractivity contribution in [2.75, 3.05) is 14.2 Å². The number of benzene rings is 4. The Balaban J connectivity index is 1.61. The summed E-state index contributed by atoms with van der Waals surface area (Å²) >= 11 is 17.4. The van der Waals surface area contributed by atoms with Crippen LogP contribution in [0.5, 0.6) is 17.2 Å². The smallest absolute Gasteiger partial charge is 0.282 e. The molecule has 0 unspecified atom stereocenters. The number of aryl methyl sites for hydroxylation is 1. The molecule has 5 rings (SSSR count). The molecule has 0 aliphatic carbocycles. The Hall–Kier alpha value is -3.18. The normalized spacial score (nSPS) is 11.5. The van der Waals surface area contributed by atoms with Gasteiger partial charge in [0, 0.05) is 30.1 Å². The van der Waals surface area contributed by atoms with E-state index in [1.807, 2.05) is 49.4 Å². The van der Waals surface area contributed by atoms with E-state index in [1.165, 1.54) is 11.8 Å². The number of halogens is 4. The van der Waals surface area contributed by atoms with Crippen molar-refractivity contribution in [3.05, 3.63) is 112 Å². The molecule has 0 radical (unpaired) electrons. The highest BCUT2D eigenvalue weighted by molar-refractivity contribution is 9.11. The Morgan fingerprint density at radius 2 is 1.73 bits per heavy atom. The summed E-state index contributed by atoms with van der Waals surface area (Å²) in [4.78, 5) is 18.8. The molecule has 0 N–H and O–H groups in total. The van der Waals surface area contributed by atoms with E-state index < -0.39 is 0 Å². The predicted octanol–water partition coefficient (Wildman–Crippen LogP) is 9.91. The van der Waals surface area contributed by atoms with E-state index >= 15 is 0 Å². The maximum Gasteiger partial charge on any atom is 0.282 e. The minimum atomic E-state index is -0.303. The van der Waals surface area contributed by atoms with E-state index in [-0.39, 0.29) is 18.1 Å². The van der Waals surface area contributed by atoms with Gasteiger partial charge in [-0.15, -0.1) is 0 Å². The van der Waals surface area contributed by atoms with Gasteiger partial charge in [-0.25, -0.2) is 4.98 Å². The lowest BCUT2D eigenvalue weighted by molar-refractivity contribution is 0.284. The molecule has 0 fully saturated rings. The van der Waals surface area contributed by atoms with Gasteiger partial charge in [0.2, 0.25) is 0 Å². The highest BCUT2D eigenvalue weighted by Gasteiger charge is 2.20. The fourth-order valence-electron chi connectivity index (χ4n) is 4.87. The zero-order valence-electron chi connectivity index (χ0n) is 25.1. The van der Waals surface area contributed by atoms with Crippen molar-refractivity contribution in [1.29, 1.82) is 0 Å². The minimum Gasteiger partial charge on any atom is -0.496 e. The SMILES string of the molecule is COc1cc(C)c(-c2nc3ccccc3c(=O)n2N=Cc2cc(OC)c(OCc3ccc(Br)cc3Br)c(Cl)c2Br)cc1C(C)C. The summed E-state index contributed by atoms with van der Waals surface area (Å²) in [5.41, 5.74) is 4.46. The maximum atomic E-state index is 13.9. The summed E-state index contributed by atoms with van der Waals surface area (Å²) in [5, 5.41) is 5.43. The molecule has 1 aromatic heterocycles. The van der Waals surface area contributed by atoms with Gasteiger partial charge < -0.3 is 14.2 Å². The summed E-state index contributed by atoms with van der Waals surface area (Å²) in [6, 6.07) is 18.8. The van der Waals surface area contributed by atoms with Crippen molar-refractivity contribution in [1.82, 2.24) is 9.66 Å². The molecule has 5 aromatic rings. The standard InChI is InChI=1S/C34H29Br3ClN3O4/c1-18(2)24-15-25(19(3)12-28(24)43-4)33-40-27-9-7-6-8-23(27)34(42)41(33)39-16-21-13-29(44-5)32(31(38)30(21)37)45-17-20-10-11-22(35)14-26(20)36/h6-16,18H,17H2,1-5H3. The van der Waals surface area contributed by atoms with Crippen molar-refractivity contribution < 1.29 is 14.2 Å². The zero-order valence-corrected chi connectivity index (χ0v) is 30.6. The quantitative estimate of drug-likeness (QED) is 0.139. The summed E-state index contributed by atoms with van der Waals surface area (Å²) in [7, 11) is 3.19. The molecule has 45 heavy (non-hydrogen) atoms. The van der Waals surface area contributed by atoms with E-state index in [1.54, 1.807) is 31.5 Å². The van der Waals surface area contributed by atoms with E-state index in [9.17, 15) is 4.79 Å². The minimum absolute atomic E-state index is 0.180. The zero-order chi connectivity index (χ0) is 32.4. The lowest BCUT2D eigenvalue weighted by Gasteiger charge is -2.18. The van der Waals surface area contributed by atoms with Gasteiger partial charge in [0.05, 0.1) is 31.3 Å². The number of hydrogen-bond acceptors (Lipinski definition) is 6. The van der Waals surface area contributed by atoms with Gasteiger partial charge in [0.1, 0.15) is 17.4 Å². The van der Waals surface area contributed by atoms with Crippen molar-refractivity contribution in [2.45, 2.75) is 33.3 Å². The molecule has 232 valence electrons. The molecular weight excluding hydrogens is 790 g/mol. The third-order valence-electron chi connectivity index (χ3n) is 7.27. The summed E-state index contributed by atoms with van der Waals surface area (Å²) < 4.78 is 21.1. The Bertz CT molecular complexity index is 2010. The Kier molecular flexibility index (Phi) is 10.4. The second-order valence-electron chi connectivity index (χ2n) is 10.5. The van der Waals surface area contributed by atoms with E-state index in [0.717, 1.165) is 36.9 Å². The first-order valence-electron chi connectivity index (χ1n) is 13.9. The third kappa shape index (κ3) is 6.84. The number of hydrogen-bond donors (Lipinski definition) is 0. The Labute approximate surface area is 291 Å². The molecule has 1 heterocycles. The topological polar surface area (TPSA) is 74.9 Å². The van der Waals surface area contributed by atoms with Crippen LogP contribution in [0.15, 0.2) is 84.0 Å². The molecule has 4 aromatic carbocycles. The van der Waals surface area contributed by atoms with Crippen LogP contribution in [0.3, 0.4) is 0 Å². The molecule has 11 heteroatoms. The monoisotopic (exact) mass is 815 g/mol. The van der Waals surface area contributed by atoms with Crippen LogP contribution in [0.4, 0.5) is 0 Å². The molecule has 0 saturated carbocycles. The van der Waals surface area contributed by atoms with Crippen LogP contribution in [-0.4, -0.2) is 30.1 Å². The van der Waals surface area contributed by atoms with E-state index in [2.05, 4.69) is 66.7 Å². The molecule has 7 nitrogen and oxygen atoms in total. The van der Waals surface area contributed by atoms with Gasteiger partial charge in [-0.1, -0.05) is 75.5 Å². The lowest BCUT2D eigenvalue weighted by atomic mass is 9.96. The maximum absolute atomic E-state index is 13.9. The molecule has 0 saturated heterocycles. The van der Waals surface area contributed by atoms with Gasteiger partial charge in [0.15, 0.2) is 17.3 Å². The van der Waals surface area contributed by atoms with Crippen LogP contribution in [0.1, 0.15) is 42.0 Å². The molecule has 0 bridgehead atoms. The fraction of sp³-hybridized carbons (Fsp3) is 0.206. The number of nitrogens with zero attached hydrogens (tertiary/aromatic N) is 3. The number of ether oxygens (including phenoxy) is 3. The van der Waals surface area contributed by atoms with Crippen molar-refractivity contribution >= 4 is 76.5 Å². The van der Waals surface area contributed by atoms with E-state index in [4.69, 9.17) is 30.8 Å². The van der Waals surface area contributed by atoms with E-state index in [0.29, 0.717) is 43.3 Å². The van der Waals surface area contributed by atoms with Crippen LogP contribution in [0.25, 0.3) is 22.3 Å². The molecule has 0 amide bonds. The summed E-state index contributed by atoms with van der Waals surface area (Å²) in [5.74, 6) is 2.16. The van der Waals surface area contributed by atoms with Crippen molar-refractivity contribution in [3.63, 3.8) is 0 Å². The van der Waals surface area contributed by atoms with Gasteiger partial charge in [-0.3, -0.25) is 4.79 Å². The van der Waals surface area contributed by atoms with Crippen LogP contribution in [0, 0.1) is 6.92 Å². The first-order chi connectivity index (χ1) is 21.5. The predicted molar refractivity (Wildman–Crippen MR) is 192 cm³/mol. The van der Waals surface area contributed by atoms with Gasteiger partial charge in [-0.2, -0.15) is 9.78 Å². The van der Waals surface area contributed by atoms with Crippen LogP contribution >= 0.6 is 59.4 Å². The second-order valence-corrected chi connectivity index (χ2v) is 13.5. The number of rotatable bonds is 9. The third-order valence-corrected chi connectivity index (χ3v) is 9.94. The number of methoxy groups -OCH3 is 2. The number of aromatic nitrogens is 2. The molecular formula is C34H29Br3ClN3O4. The highest BCUT2D eigenvalue weighted by Crippen LogP contribution is 2.43. The van der Waals surface area contributed by atoms with Crippen LogP contribution in [-0.2, 0) is 6.61 Å². The summed E-state index contributed by atoms with van der Waals surface area (Å²) in [6.45, 7) is 6.40. The second kappa shape index (κ2) is 14.1. The molecule has 0 atom stereocenters. The first kappa shape index (κ1) is 33.2. The molecule has 0 aliphatic heterocycles. The number of para-hydroxylation sites is 1. The summed E-state index contributed by atoms with van der Waals surface area (Å²) in [6.07, 6.45) is 1.55. The van der Waals surface area contributed by atoms with Crippen molar-refractivity contribution in [2.24, 2.45) is 5.10 Å². The highest BCUT2D eigenvalue weighted by atomic mass is 79.9. The fourth-order valence-corrected chi connectivity index (χ4v) is 6.68. The first-order valence-corrected chi connectivity index (χ1v) is 16.7. The average molecular weight is 819 g/mol. The van der Waals surface area contributed by atoms with Gasteiger partial charge in [0.25, 0.3) is 5.56 Å². The van der Waals surface area contributed by atoms with Gasteiger partial charge >= 0.3 is 0 Å². The molecule has 0 aliphatic rings. The lowest BCUT2D eigenvalue weighted by Crippen LogP contribution is -2.21. The number of fused-ring (bicyclic) bond motifs is 1. The van der Waals surface area contributed by atoms with Crippen LogP contribution < -0.4 is 19.8 Å². The Morgan fingerprint density at radius 3 is 2.42 bits per heavy atom.